The number of nitrogens with zero attached hydrogens (tertiary/aromatic N) is 2. The van der Waals surface area contributed by atoms with Gasteiger partial charge in [-0.15, -0.1) is 0 Å². The van der Waals surface area contributed by atoms with Crippen LogP contribution in [0.4, 0.5) is 11.5 Å². The average molecular weight is 388 g/mol. The minimum atomic E-state index is -2.70. The zero-order valence-corrected chi connectivity index (χ0v) is 15.8. The summed E-state index contributed by atoms with van der Waals surface area (Å²) in [6.07, 6.45) is 0.719. The first-order chi connectivity index (χ1) is 13.0. The molecule has 3 aromatic rings. The molecule has 0 saturated heterocycles. The van der Waals surface area contributed by atoms with E-state index in [1.165, 1.54) is 14.2 Å². The Hall–Kier alpha value is -2.91. The minimum Gasteiger partial charge on any atom is -0.755 e. The minimum absolute atomic E-state index is 0.0515. The highest BCUT2D eigenvalue weighted by atomic mass is 32.2. The molecule has 8 nitrogen and oxygen atoms in total. The number of methoxy groups -OCH3 is 1. The molecule has 27 heavy (non-hydrogen) atoms. The topological polar surface area (TPSA) is 108 Å². The lowest BCUT2D eigenvalue weighted by molar-refractivity contribution is 0.0963. The van der Waals surface area contributed by atoms with Crippen molar-refractivity contribution in [2.75, 3.05) is 18.5 Å². The molecule has 0 spiro atoms. The van der Waals surface area contributed by atoms with E-state index in [1.807, 2.05) is 13.0 Å². The molecular formula is C18H18N3O5S-. The second-order valence-electron chi connectivity index (χ2n) is 5.64. The van der Waals surface area contributed by atoms with Crippen molar-refractivity contribution in [2.24, 2.45) is 0 Å². The van der Waals surface area contributed by atoms with Gasteiger partial charge in [-0.25, -0.2) is 4.31 Å². The maximum atomic E-state index is 12.1. The van der Waals surface area contributed by atoms with Crippen LogP contribution in [0.3, 0.4) is 0 Å². The molecule has 2 aromatic carbocycles. The van der Waals surface area contributed by atoms with Crippen LogP contribution in [-0.4, -0.2) is 34.0 Å². The number of anilines is 2. The van der Waals surface area contributed by atoms with Crippen molar-refractivity contribution in [1.82, 2.24) is 10.5 Å². The van der Waals surface area contributed by atoms with E-state index in [9.17, 15) is 13.6 Å². The van der Waals surface area contributed by atoms with Gasteiger partial charge in [-0.1, -0.05) is 24.2 Å². The molecule has 1 aromatic heterocycles. The number of fused-ring (bicyclic) bond motifs is 1. The molecule has 1 unspecified atom stereocenters. The Morgan fingerprint density at radius 1 is 1.37 bits per heavy atom. The Bertz CT molecular complexity index is 1020. The SMILES string of the molecule is CCc1ccc(OC)c(N(c2noc3c(C(=O)NC)cccc23)S(=O)[O-])c1. The monoisotopic (exact) mass is 388 g/mol. The largest absolute Gasteiger partial charge is 0.755 e. The smallest absolute Gasteiger partial charge is 0.254 e. The molecule has 0 fully saturated rings. The van der Waals surface area contributed by atoms with Crippen molar-refractivity contribution in [2.45, 2.75) is 13.3 Å². The zero-order chi connectivity index (χ0) is 19.6. The summed E-state index contributed by atoms with van der Waals surface area (Å²) in [5, 5.41) is 6.83. The van der Waals surface area contributed by atoms with Crippen LogP contribution in [0.2, 0.25) is 0 Å². The van der Waals surface area contributed by atoms with Gasteiger partial charge in [0.2, 0.25) is 0 Å². The predicted molar refractivity (Wildman–Crippen MR) is 101 cm³/mol. The first kappa shape index (κ1) is 18.9. The maximum absolute atomic E-state index is 12.1. The Balaban J connectivity index is 2.24. The van der Waals surface area contributed by atoms with E-state index in [2.05, 4.69) is 10.5 Å². The standard InChI is InChI=1S/C18H19N3O5S/c1-4-11-8-9-15(25-3)14(10-11)21(27(23)24)17-12-6-5-7-13(18(22)19-2)16(12)26-20-17/h5-10H,4H2,1-3H3,(H,19,22)(H,23,24)/p-1. The van der Waals surface area contributed by atoms with Crippen LogP contribution < -0.4 is 14.4 Å². The lowest BCUT2D eigenvalue weighted by atomic mass is 10.1. The molecule has 3 rings (SSSR count). The number of aromatic nitrogens is 1. The van der Waals surface area contributed by atoms with Crippen LogP contribution in [0.5, 0.6) is 5.75 Å². The molecule has 1 heterocycles. The Kier molecular flexibility index (Phi) is 5.43. The lowest BCUT2D eigenvalue weighted by Gasteiger charge is -2.26. The van der Waals surface area contributed by atoms with Gasteiger partial charge in [0.15, 0.2) is 11.4 Å². The van der Waals surface area contributed by atoms with Crippen LogP contribution in [0.15, 0.2) is 40.9 Å². The summed E-state index contributed by atoms with van der Waals surface area (Å²) in [6, 6.07) is 10.1. The Labute approximate surface area is 158 Å². The van der Waals surface area contributed by atoms with E-state index >= 15 is 0 Å². The number of carbonyl (C=O) groups excluding carboxylic acids is 1. The maximum Gasteiger partial charge on any atom is 0.254 e. The molecule has 0 aliphatic heterocycles. The summed E-state index contributed by atoms with van der Waals surface area (Å²) < 4.78 is 35.8. The second kappa shape index (κ2) is 7.77. The third-order valence-electron chi connectivity index (χ3n) is 4.16. The number of benzene rings is 2. The molecule has 0 aliphatic carbocycles. The van der Waals surface area contributed by atoms with Crippen molar-refractivity contribution < 1.29 is 22.8 Å². The summed E-state index contributed by atoms with van der Waals surface area (Å²) in [4.78, 5) is 12.0. The van der Waals surface area contributed by atoms with Gasteiger partial charge in [0.25, 0.3) is 5.91 Å². The van der Waals surface area contributed by atoms with Crippen molar-refractivity contribution in [1.29, 1.82) is 0 Å². The highest BCUT2D eigenvalue weighted by Gasteiger charge is 2.24. The number of aryl methyl sites for hydroxylation is 1. The summed E-state index contributed by atoms with van der Waals surface area (Å²) in [7, 11) is 2.96. The fourth-order valence-electron chi connectivity index (χ4n) is 2.79. The molecule has 0 radical (unpaired) electrons. The molecule has 1 amide bonds. The third kappa shape index (κ3) is 3.38. The molecule has 1 atom stereocenters. The quantitative estimate of drug-likeness (QED) is 0.651. The number of hydrogen-bond acceptors (Lipinski definition) is 6. The summed E-state index contributed by atoms with van der Waals surface area (Å²) >= 11 is -2.70. The average Bonchev–Trinajstić information content (AvgIpc) is 3.11. The van der Waals surface area contributed by atoms with E-state index in [4.69, 9.17) is 9.26 Å². The van der Waals surface area contributed by atoms with Gasteiger partial charge in [0.1, 0.15) is 5.75 Å². The van der Waals surface area contributed by atoms with Crippen LogP contribution in [0, 0.1) is 0 Å². The third-order valence-corrected chi connectivity index (χ3v) is 4.83. The van der Waals surface area contributed by atoms with E-state index in [1.54, 1.807) is 30.3 Å². The van der Waals surface area contributed by atoms with Gasteiger partial charge < -0.3 is 19.1 Å². The number of hydrogen-bond donors (Lipinski definition) is 1. The van der Waals surface area contributed by atoms with Gasteiger partial charge in [0.05, 0.1) is 35.0 Å². The molecule has 142 valence electrons. The Morgan fingerprint density at radius 3 is 2.78 bits per heavy atom. The van der Waals surface area contributed by atoms with Gasteiger partial charge in [-0.2, -0.15) is 0 Å². The molecule has 0 bridgehead atoms. The molecule has 9 heteroatoms. The van der Waals surface area contributed by atoms with E-state index in [0.717, 1.165) is 16.3 Å². The fraction of sp³-hybridized carbons (Fsp3) is 0.222. The van der Waals surface area contributed by atoms with Crippen LogP contribution in [0.25, 0.3) is 11.0 Å². The first-order valence-corrected chi connectivity index (χ1v) is 9.21. The summed E-state index contributed by atoms with van der Waals surface area (Å²) in [5.74, 6) is 0.0642. The van der Waals surface area contributed by atoms with E-state index in [-0.39, 0.29) is 22.9 Å². The zero-order valence-electron chi connectivity index (χ0n) is 15.0. The number of para-hydroxylation sites is 1. The van der Waals surface area contributed by atoms with Crippen molar-refractivity contribution in [3.8, 4) is 5.75 Å². The van der Waals surface area contributed by atoms with Crippen molar-refractivity contribution in [3.63, 3.8) is 0 Å². The van der Waals surface area contributed by atoms with Gasteiger partial charge in [0, 0.05) is 7.05 Å². The Morgan fingerprint density at radius 2 is 2.15 bits per heavy atom. The number of ether oxygens (including phenoxy) is 1. The van der Waals surface area contributed by atoms with Crippen LogP contribution in [0.1, 0.15) is 22.8 Å². The summed E-state index contributed by atoms with van der Waals surface area (Å²) in [6.45, 7) is 1.96. The number of amides is 1. The predicted octanol–water partition coefficient (Wildman–Crippen LogP) is 2.69. The first-order valence-electron chi connectivity index (χ1n) is 8.18. The highest BCUT2D eigenvalue weighted by Crippen LogP contribution is 2.39. The second-order valence-corrected chi connectivity index (χ2v) is 6.44. The lowest BCUT2D eigenvalue weighted by Crippen LogP contribution is -2.21. The van der Waals surface area contributed by atoms with Gasteiger partial charge in [-0.3, -0.25) is 9.00 Å². The number of carbonyl (C=O) groups is 1. The van der Waals surface area contributed by atoms with E-state index in [0.29, 0.717) is 16.8 Å². The van der Waals surface area contributed by atoms with E-state index < -0.39 is 11.3 Å². The van der Waals surface area contributed by atoms with Gasteiger partial charge >= 0.3 is 0 Å². The van der Waals surface area contributed by atoms with Crippen molar-refractivity contribution in [3.05, 3.63) is 47.5 Å². The number of nitrogens with one attached hydrogen (secondary N) is 1. The van der Waals surface area contributed by atoms with Crippen molar-refractivity contribution >= 4 is 39.6 Å². The van der Waals surface area contributed by atoms with Gasteiger partial charge in [-0.05, 0) is 36.2 Å². The molecule has 0 saturated carbocycles. The van der Waals surface area contributed by atoms with Crippen LogP contribution in [-0.2, 0) is 17.7 Å². The normalized spacial score (nSPS) is 12.0. The highest BCUT2D eigenvalue weighted by molar-refractivity contribution is 7.81. The fourth-order valence-corrected chi connectivity index (χ4v) is 3.36. The number of rotatable bonds is 6. The molecule has 1 N–H and O–H groups in total. The molecular weight excluding hydrogens is 370 g/mol. The molecule has 0 aliphatic rings. The van der Waals surface area contributed by atoms with Crippen LogP contribution >= 0.6 is 0 Å². The summed E-state index contributed by atoms with van der Waals surface area (Å²) in [5.41, 5.74) is 1.71.